The van der Waals surface area contributed by atoms with Crippen LogP contribution in [0, 0.1) is 5.92 Å². The summed E-state index contributed by atoms with van der Waals surface area (Å²) in [5.74, 6) is 0.966. The van der Waals surface area contributed by atoms with E-state index < -0.39 is 5.60 Å². The molecule has 2 saturated carbocycles. The quantitative estimate of drug-likeness (QED) is 0.732. The lowest BCUT2D eigenvalue weighted by Crippen LogP contribution is -2.44. The van der Waals surface area contributed by atoms with E-state index in [1.165, 1.54) is 70.6 Å². The van der Waals surface area contributed by atoms with E-state index in [1.54, 1.807) is 0 Å². The third-order valence-electron chi connectivity index (χ3n) is 5.54. The second-order valence-corrected chi connectivity index (χ2v) is 7.38. The summed E-state index contributed by atoms with van der Waals surface area (Å²) in [4.78, 5) is 0. The number of hydrogen-bond donors (Lipinski definition) is 2. The van der Waals surface area contributed by atoms with Gasteiger partial charge in [-0.25, -0.2) is 0 Å². The van der Waals surface area contributed by atoms with Gasteiger partial charge in [-0.1, -0.05) is 58.3 Å². The van der Waals surface area contributed by atoms with Gasteiger partial charge in [-0.2, -0.15) is 0 Å². The van der Waals surface area contributed by atoms with Crippen molar-refractivity contribution in [2.45, 2.75) is 102 Å². The average Bonchev–Trinajstić information content (AvgIpc) is 2.78. The van der Waals surface area contributed by atoms with Crippen molar-refractivity contribution in [1.82, 2.24) is 5.32 Å². The van der Waals surface area contributed by atoms with E-state index in [1.807, 2.05) is 0 Å². The van der Waals surface area contributed by atoms with Gasteiger partial charge in [-0.3, -0.25) is 0 Å². The molecule has 0 spiro atoms. The zero-order valence-corrected chi connectivity index (χ0v) is 13.5. The highest BCUT2D eigenvalue weighted by atomic mass is 16.3. The molecule has 2 N–H and O–H groups in total. The van der Waals surface area contributed by atoms with Crippen LogP contribution in [0.1, 0.15) is 90.4 Å². The summed E-state index contributed by atoms with van der Waals surface area (Å²) in [6, 6.07) is 0.657. The predicted molar refractivity (Wildman–Crippen MR) is 85.9 cm³/mol. The van der Waals surface area contributed by atoms with E-state index in [4.69, 9.17) is 0 Å². The van der Waals surface area contributed by atoms with Crippen LogP contribution in [0.3, 0.4) is 0 Å². The Morgan fingerprint density at radius 2 is 1.70 bits per heavy atom. The molecule has 0 bridgehead atoms. The lowest BCUT2D eigenvalue weighted by atomic mass is 9.93. The molecule has 2 fully saturated rings. The van der Waals surface area contributed by atoms with Gasteiger partial charge < -0.3 is 10.4 Å². The van der Waals surface area contributed by atoms with Crippen molar-refractivity contribution >= 4 is 0 Å². The van der Waals surface area contributed by atoms with Crippen LogP contribution in [0.2, 0.25) is 0 Å². The Bertz CT molecular complexity index is 258. The van der Waals surface area contributed by atoms with E-state index in [2.05, 4.69) is 12.2 Å². The number of nitrogens with one attached hydrogen (secondary N) is 1. The van der Waals surface area contributed by atoms with Gasteiger partial charge in [-0.05, 0) is 38.0 Å². The van der Waals surface area contributed by atoms with Gasteiger partial charge in [-0.15, -0.1) is 0 Å². The maximum Gasteiger partial charge on any atom is 0.0771 e. The molecular formula is C18H35NO. The van der Waals surface area contributed by atoms with Gasteiger partial charge in [0.25, 0.3) is 0 Å². The molecule has 0 aromatic carbocycles. The lowest BCUT2D eigenvalue weighted by molar-refractivity contribution is 0.0222. The molecule has 2 unspecified atom stereocenters. The Morgan fingerprint density at radius 1 is 0.950 bits per heavy atom. The van der Waals surface area contributed by atoms with Crippen molar-refractivity contribution in [2.75, 3.05) is 6.54 Å². The van der Waals surface area contributed by atoms with Crippen LogP contribution in [0.4, 0.5) is 0 Å². The Hall–Kier alpha value is -0.0800. The van der Waals surface area contributed by atoms with Crippen LogP contribution in [-0.2, 0) is 0 Å². The van der Waals surface area contributed by atoms with Gasteiger partial charge in [0.05, 0.1) is 5.60 Å². The maximum absolute atomic E-state index is 10.7. The highest BCUT2D eigenvalue weighted by Crippen LogP contribution is 2.29. The molecule has 0 aliphatic heterocycles. The minimum atomic E-state index is -0.411. The van der Waals surface area contributed by atoms with Gasteiger partial charge in [0, 0.05) is 12.6 Å². The van der Waals surface area contributed by atoms with Crippen molar-refractivity contribution in [3.63, 3.8) is 0 Å². The SMILES string of the molecule is CCCC1CCCC(NCC2(O)CCCCCC2)CC1. The fourth-order valence-corrected chi connectivity index (χ4v) is 4.18. The second-order valence-electron chi connectivity index (χ2n) is 7.38. The molecular weight excluding hydrogens is 246 g/mol. The largest absolute Gasteiger partial charge is 0.389 e. The lowest BCUT2D eigenvalue weighted by Gasteiger charge is -2.29. The average molecular weight is 281 g/mol. The van der Waals surface area contributed by atoms with E-state index >= 15 is 0 Å². The van der Waals surface area contributed by atoms with Crippen molar-refractivity contribution in [2.24, 2.45) is 5.92 Å². The van der Waals surface area contributed by atoms with Crippen molar-refractivity contribution in [3.8, 4) is 0 Å². The van der Waals surface area contributed by atoms with E-state index in [9.17, 15) is 5.11 Å². The minimum absolute atomic E-state index is 0.411. The summed E-state index contributed by atoms with van der Waals surface area (Å²) >= 11 is 0. The summed E-state index contributed by atoms with van der Waals surface area (Å²) in [6.07, 6.45) is 16.6. The number of rotatable bonds is 5. The topological polar surface area (TPSA) is 32.3 Å². The van der Waals surface area contributed by atoms with E-state index in [-0.39, 0.29) is 0 Å². The molecule has 0 saturated heterocycles. The molecule has 0 aromatic heterocycles. The summed E-state index contributed by atoms with van der Waals surface area (Å²) in [5, 5.41) is 14.4. The van der Waals surface area contributed by atoms with Crippen LogP contribution >= 0.6 is 0 Å². The monoisotopic (exact) mass is 281 g/mol. The molecule has 2 aliphatic carbocycles. The first-order valence-corrected chi connectivity index (χ1v) is 9.17. The van der Waals surface area contributed by atoms with Crippen LogP contribution in [0.15, 0.2) is 0 Å². The van der Waals surface area contributed by atoms with Crippen LogP contribution in [-0.4, -0.2) is 23.3 Å². The Kier molecular flexibility index (Phi) is 6.83. The van der Waals surface area contributed by atoms with Crippen molar-refractivity contribution in [3.05, 3.63) is 0 Å². The first kappa shape index (κ1) is 16.3. The smallest absolute Gasteiger partial charge is 0.0771 e. The Labute approximate surface area is 125 Å². The number of aliphatic hydroxyl groups is 1. The third kappa shape index (κ3) is 5.37. The van der Waals surface area contributed by atoms with E-state index in [0.717, 1.165) is 25.3 Å². The minimum Gasteiger partial charge on any atom is -0.389 e. The van der Waals surface area contributed by atoms with Crippen molar-refractivity contribution < 1.29 is 5.11 Å². The van der Waals surface area contributed by atoms with Crippen LogP contribution in [0.25, 0.3) is 0 Å². The molecule has 118 valence electrons. The first-order chi connectivity index (χ1) is 9.72. The summed E-state index contributed by atoms with van der Waals surface area (Å²) < 4.78 is 0. The van der Waals surface area contributed by atoms with Gasteiger partial charge in [0.15, 0.2) is 0 Å². The third-order valence-corrected chi connectivity index (χ3v) is 5.54. The molecule has 0 radical (unpaired) electrons. The highest BCUT2D eigenvalue weighted by Gasteiger charge is 2.29. The molecule has 2 rings (SSSR count). The van der Waals surface area contributed by atoms with Gasteiger partial charge in [0.2, 0.25) is 0 Å². The second kappa shape index (κ2) is 8.38. The molecule has 2 atom stereocenters. The fraction of sp³-hybridized carbons (Fsp3) is 1.00. The summed E-state index contributed by atoms with van der Waals surface area (Å²) in [6.45, 7) is 3.14. The summed E-state index contributed by atoms with van der Waals surface area (Å²) in [5.41, 5.74) is -0.411. The molecule has 2 aliphatic rings. The summed E-state index contributed by atoms with van der Waals surface area (Å²) in [7, 11) is 0. The molecule has 2 nitrogen and oxygen atoms in total. The van der Waals surface area contributed by atoms with E-state index in [0.29, 0.717) is 6.04 Å². The zero-order valence-electron chi connectivity index (χ0n) is 13.5. The normalized spacial score (nSPS) is 31.5. The molecule has 0 amide bonds. The Balaban J connectivity index is 1.72. The first-order valence-electron chi connectivity index (χ1n) is 9.17. The zero-order chi connectivity index (χ0) is 14.3. The molecule has 0 aromatic rings. The number of hydrogen-bond acceptors (Lipinski definition) is 2. The van der Waals surface area contributed by atoms with Crippen LogP contribution in [0.5, 0.6) is 0 Å². The van der Waals surface area contributed by atoms with Gasteiger partial charge >= 0.3 is 0 Å². The molecule has 20 heavy (non-hydrogen) atoms. The fourth-order valence-electron chi connectivity index (χ4n) is 4.18. The van der Waals surface area contributed by atoms with Crippen molar-refractivity contribution in [1.29, 1.82) is 0 Å². The van der Waals surface area contributed by atoms with Crippen LogP contribution < -0.4 is 5.32 Å². The highest BCUT2D eigenvalue weighted by molar-refractivity contribution is 4.85. The predicted octanol–water partition coefficient (Wildman–Crippen LogP) is 4.41. The molecule has 2 heteroatoms. The maximum atomic E-state index is 10.7. The Morgan fingerprint density at radius 3 is 2.40 bits per heavy atom. The molecule has 0 heterocycles. The van der Waals surface area contributed by atoms with Gasteiger partial charge in [0.1, 0.15) is 0 Å². The standard InChI is InChI=1S/C18H35NO/c1-2-8-16-9-7-10-17(12-11-16)19-15-18(20)13-5-3-4-6-14-18/h16-17,19-20H,2-15H2,1H3.